The van der Waals surface area contributed by atoms with Crippen LogP contribution >= 0.6 is 12.2 Å². The second-order valence-corrected chi connectivity index (χ2v) is 4.88. The van der Waals surface area contributed by atoms with E-state index in [4.69, 9.17) is 18.0 Å². The molecule has 17 heavy (non-hydrogen) atoms. The Kier molecular flexibility index (Phi) is 5.10. The van der Waals surface area contributed by atoms with Gasteiger partial charge in [0.25, 0.3) is 0 Å². The lowest BCUT2D eigenvalue weighted by Gasteiger charge is -2.07. The van der Waals surface area contributed by atoms with Crippen LogP contribution < -0.4 is 11.1 Å². The molecule has 0 fully saturated rings. The zero-order valence-corrected chi connectivity index (χ0v) is 11.0. The largest absolute Gasteiger partial charge is 0.389 e. The number of benzene rings is 1. The number of rotatable bonds is 5. The van der Waals surface area contributed by atoms with Crippen molar-refractivity contribution >= 4 is 23.1 Å². The predicted molar refractivity (Wildman–Crippen MR) is 73.9 cm³/mol. The lowest BCUT2D eigenvalue weighted by atomic mass is 10.1. The number of hydrogen-bond donors (Lipinski definition) is 2. The highest BCUT2D eigenvalue weighted by molar-refractivity contribution is 7.80. The van der Waals surface area contributed by atoms with Gasteiger partial charge in [-0.15, -0.1) is 0 Å². The summed E-state index contributed by atoms with van der Waals surface area (Å²) in [5.74, 6) is 0.512. The van der Waals surface area contributed by atoms with Crippen LogP contribution in [-0.4, -0.2) is 17.4 Å². The first-order valence-corrected chi connectivity index (χ1v) is 6.05. The molecule has 3 nitrogen and oxygen atoms in total. The Balaban J connectivity index is 2.51. The van der Waals surface area contributed by atoms with Crippen LogP contribution in [0.5, 0.6) is 0 Å². The van der Waals surface area contributed by atoms with Gasteiger partial charge in [-0.2, -0.15) is 0 Å². The summed E-state index contributed by atoms with van der Waals surface area (Å²) < 4.78 is 0. The third kappa shape index (κ3) is 4.95. The summed E-state index contributed by atoms with van der Waals surface area (Å²) in [5, 5.41) is 2.88. The van der Waals surface area contributed by atoms with E-state index in [0.29, 0.717) is 23.9 Å². The zero-order valence-electron chi connectivity index (χ0n) is 10.2. The normalized spacial score (nSPS) is 10.3. The minimum Gasteiger partial charge on any atom is -0.389 e. The fourth-order valence-corrected chi connectivity index (χ4v) is 1.49. The highest BCUT2D eigenvalue weighted by Gasteiger charge is 2.04. The quantitative estimate of drug-likeness (QED) is 0.781. The molecule has 1 rings (SSSR count). The van der Waals surface area contributed by atoms with Crippen LogP contribution in [0.2, 0.25) is 0 Å². The number of amides is 1. The molecule has 0 aliphatic heterocycles. The molecule has 0 bridgehead atoms. The van der Waals surface area contributed by atoms with Gasteiger partial charge in [-0.05, 0) is 11.5 Å². The first-order chi connectivity index (χ1) is 7.99. The molecular formula is C13H18N2OS. The molecule has 1 aromatic rings. The van der Waals surface area contributed by atoms with Crippen LogP contribution in [0.15, 0.2) is 24.3 Å². The van der Waals surface area contributed by atoms with Crippen molar-refractivity contribution < 1.29 is 4.79 Å². The van der Waals surface area contributed by atoms with E-state index in [0.717, 1.165) is 11.1 Å². The number of thiocarbonyl (C=S) groups is 1. The van der Waals surface area contributed by atoms with Crippen LogP contribution in [0.1, 0.15) is 25.0 Å². The Morgan fingerprint density at radius 1 is 1.35 bits per heavy atom. The van der Waals surface area contributed by atoms with E-state index in [9.17, 15) is 4.79 Å². The summed E-state index contributed by atoms with van der Waals surface area (Å²) >= 11 is 4.86. The molecule has 0 saturated carbocycles. The third-order valence-electron chi connectivity index (χ3n) is 2.31. The fourth-order valence-electron chi connectivity index (χ4n) is 1.35. The second-order valence-electron chi connectivity index (χ2n) is 4.44. The molecule has 0 aliphatic carbocycles. The van der Waals surface area contributed by atoms with E-state index >= 15 is 0 Å². The minimum atomic E-state index is 0.0433. The molecule has 4 heteroatoms. The maximum absolute atomic E-state index is 11.6. The van der Waals surface area contributed by atoms with Crippen molar-refractivity contribution in [2.24, 2.45) is 11.7 Å². The summed E-state index contributed by atoms with van der Waals surface area (Å²) in [5.41, 5.74) is 7.29. The van der Waals surface area contributed by atoms with Gasteiger partial charge in [0, 0.05) is 12.1 Å². The lowest BCUT2D eigenvalue weighted by Crippen LogP contribution is -2.28. The smallest absolute Gasteiger partial charge is 0.224 e. The van der Waals surface area contributed by atoms with Crippen LogP contribution in [0, 0.1) is 5.92 Å². The molecule has 0 saturated heterocycles. The summed E-state index contributed by atoms with van der Waals surface area (Å²) in [4.78, 5) is 11.9. The topological polar surface area (TPSA) is 55.1 Å². The van der Waals surface area contributed by atoms with Crippen LogP contribution in [0.4, 0.5) is 0 Å². The Hall–Kier alpha value is -1.42. The summed E-state index contributed by atoms with van der Waals surface area (Å²) in [7, 11) is 0. The Morgan fingerprint density at radius 2 is 1.94 bits per heavy atom. The molecule has 1 amide bonds. The molecule has 0 radical (unpaired) electrons. The molecule has 0 unspecified atom stereocenters. The van der Waals surface area contributed by atoms with Gasteiger partial charge in [0.1, 0.15) is 4.99 Å². The minimum absolute atomic E-state index is 0.0433. The monoisotopic (exact) mass is 250 g/mol. The van der Waals surface area contributed by atoms with Crippen LogP contribution in [-0.2, 0) is 11.2 Å². The number of nitrogens with one attached hydrogen (secondary N) is 1. The van der Waals surface area contributed by atoms with E-state index in [1.165, 1.54) is 0 Å². The Labute approximate surface area is 107 Å². The molecule has 0 atom stereocenters. The Bertz CT molecular complexity index is 398. The highest BCUT2D eigenvalue weighted by Crippen LogP contribution is 2.05. The number of nitrogens with two attached hydrogens (primary N) is 1. The average molecular weight is 250 g/mol. The first-order valence-electron chi connectivity index (χ1n) is 5.64. The van der Waals surface area contributed by atoms with E-state index in [-0.39, 0.29) is 5.91 Å². The predicted octanol–water partition coefficient (Wildman–Crippen LogP) is 1.64. The van der Waals surface area contributed by atoms with Gasteiger partial charge >= 0.3 is 0 Å². The van der Waals surface area contributed by atoms with E-state index in [2.05, 4.69) is 19.2 Å². The molecule has 0 aliphatic rings. The standard InChI is InChI=1S/C13H18N2OS/c1-9(2)8-15-12(16)7-10-3-5-11(6-4-10)13(14)17/h3-6,9H,7-8H2,1-2H3,(H2,14,17)(H,15,16). The molecule has 0 spiro atoms. The zero-order chi connectivity index (χ0) is 12.8. The van der Waals surface area contributed by atoms with Crippen molar-refractivity contribution in [3.8, 4) is 0 Å². The van der Waals surface area contributed by atoms with Gasteiger partial charge in [0.2, 0.25) is 5.91 Å². The molecule has 0 aromatic heterocycles. The van der Waals surface area contributed by atoms with Crippen LogP contribution in [0.25, 0.3) is 0 Å². The van der Waals surface area contributed by atoms with Gasteiger partial charge < -0.3 is 11.1 Å². The van der Waals surface area contributed by atoms with E-state index < -0.39 is 0 Å². The second kappa shape index (κ2) is 6.35. The highest BCUT2D eigenvalue weighted by atomic mass is 32.1. The van der Waals surface area contributed by atoms with E-state index in [1.54, 1.807) is 0 Å². The maximum atomic E-state index is 11.6. The SMILES string of the molecule is CC(C)CNC(=O)Cc1ccc(C(N)=S)cc1. The number of carbonyl (C=O) groups excluding carboxylic acids is 1. The summed E-state index contributed by atoms with van der Waals surface area (Å²) in [6, 6.07) is 7.44. The van der Waals surface area contributed by atoms with Crippen molar-refractivity contribution in [3.63, 3.8) is 0 Å². The van der Waals surface area contributed by atoms with E-state index in [1.807, 2.05) is 24.3 Å². The van der Waals surface area contributed by atoms with Crippen molar-refractivity contribution in [2.75, 3.05) is 6.54 Å². The summed E-state index contributed by atoms with van der Waals surface area (Å²) in [6.07, 6.45) is 0.393. The number of carbonyl (C=O) groups is 1. The van der Waals surface area contributed by atoms with Crippen molar-refractivity contribution in [1.29, 1.82) is 0 Å². The molecule has 3 N–H and O–H groups in total. The van der Waals surface area contributed by atoms with Crippen molar-refractivity contribution in [1.82, 2.24) is 5.32 Å². The Morgan fingerprint density at radius 3 is 2.41 bits per heavy atom. The third-order valence-corrected chi connectivity index (χ3v) is 2.55. The van der Waals surface area contributed by atoms with Crippen molar-refractivity contribution in [2.45, 2.75) is 20.3 Å². The first kappa shape index (κ1) is 13.6. The van der Waals surface area contributed by atoms with Crippen LogP contribution in [0.3, 0.4) is 0 Å². The van der Waals surface area contributed by atoms with Gasteiger partial charge in [-0.1, -0.05) is 50.3 Å². The van der Waals surface area contributed by atoms with Crippen molar-refractivity contribution in [3.05, 3.63) is 35.4 Å². The molecule has 92 valence electrons. The molecule has 1 aromatic carbocycles. The van der Waals surface area contributed by atoms with Gasteiger partial charge in [-0.3, -0.25) is 4.79 Å². The molecular weight excluding hydrogens is 232 g/mol. The summed E-state index contributed by atoms with van der Waals surface area (Å²) in [6.45, 7) is 4.85. The van der Waals surface area contributed by atoms with Gasteiger partial charge in [0.05, 0.1) is 6.42 Å². The number of hydrogen-bond acceptors (Lipinski definition) is 2. The lowest BCUT2D eigenvalue weighted by molar-refractivity contribution is -0.120. The van der Waals surface area contributed by atoms with Gasteiger partial charge in [-0.25, -0.2) is 0 Å². The molecule has 0 heterocycles. The average Bonchev–Trinajstić information content (AvgIpc) is 2.27. The fraction of sp³-hybridized carbons (Fsp3) is 0.385. The maximum Gasteiger partial charge on any atom is 0.224 e. The van der Waals surface area contributed by atoms with Gasteiger partial charge in [0.15, 0.2) is 0 Å².